The van der Waals surface area contributed by atoms with Crippen LogP contribution in [0.15, 0.2) is 36.8 Å². The van der Waals surface area contributed by atoms with Gasteiger partial charge >= 0.3 is 0 Å². The van der Waals surface area contributed by atoms with Crippen molar-refractivity contribution in [1.29, 1.82) is 0 Å². The van der Waals surface area contributed by atoms with Crippen LogP contribution < -0.4 is 10.1 Å². The van der Waals surface area contributed by atoms with Crippen LogP contribution >= 0.6 is 0 Å². The predicted molar refractivity (Wildman–Crippen MR) is 99.3 cm³/mol. The van der Waals surface area contributed by atoms with Crippen LogP contribution in [0.4, 0.5) is 0 Å². The minimum Gasteiger partial charge on any atom is -0.487 e. The van der Waals surface area contributed by atoms with Gasteiger partial charge in [-0.05, 0) is 24.6 Å². The molecule has 2 unspecified atom stereocenters. The topological polar surface area (TPSA) is 92.4 Å². The molecular formula is C20H22N4O3. The molecule has 0 amide bonds. The van der Waals surface area contributed by atoms with Crippen LogP contribution in [0, 0.1) is 6.92 Å². The Hall–Kier alpha value is -2.48. The fraction of sp³-hybridized carbons (Fsp3) is 0.400. The third-order valence-corrected chi connectivity index (χ3v) is 5.79. The molecule has 0 bridgehead atoms. The number of aliphatic hydroxyl groups excluding tert-OH is 2. The van der Waals surface area contributed by atoms with Gasteiger partial charge in [0.15, 0.2) is 0 Å². The highest BCUT2D eigenvalue weighted by Gasteiger charge is 2.44. The van der Waals surface area contributed by atoms with Crippen molar-refractivity contribution in [2.24, 2.45) is 0 Å². The molecule has 1 aromatic carbocycles. The molecule has 1 fully saturated rings. The molecule has 140 valence electrons. The molecule has 2 aromatic heterocycles. The molecule has 2 aliphatic rings. The van der Waals surface area contributed by atoms with Crippen molar-refractivity contribution in [2.75, 3.05) is 0 Å². The zero-order valence-corrected chi connectivity index (χ0v) is 15.0. The lowest BCUT2D eigenvalue weighted by atomic mass is 10.1. The summed E-state index contributed by atoms with van der Waals surface area (Å²) < 4.78 is 8.10. The van der Waals surface area contributed by atoms with Crippen molar-refractivity contribution in [2.45, 2.75) is 50.8 Å². The van der Waals surface area contributed by atoms with Gasteiger partial charge in [0.1, 0.15) is 36.0 Å². The number of nitrogens with one attached hydrogen (secondary N) is 1. The van der Waals surface area contributed by atoms with Crippen molar-refractivity contribution < 1.29 is 14.9 Å². The Bertz CT molecular complexity index is 1000. The van der Waals surface area contributed by atoms with E-state index in [0.717, 1.165) is 41.1 Å². The van der Waals surface area contributed by atoms with E-state index in [1.165, 1.54) is 11.9 Å². The number of nitrogens with zero attached hydrogens (tertiary/aromatic N) is 3. The average Bonchev–Trinajstić information content (AvgIpc) is 3.37. The fourth-order valence-electron chi connectivity index (χ4n) is 4.30. The van der Waals surface area contributed by atoms with Gasteiger partial charge in [0.2, 0.25) is 0 Å². The molecular weight excluding hydrogens is 344 g/mol. The van der Waals surface area contributed by atoms with E-state index in [9.17, 15) is 10.2 Å². The number of hydrogen-bond acceptors (Lipinski definition) is 6. The molecule has 3 N–H and O–H groups in total. The van der Waals surface area contributed by atoms with E-state index in [0.29, 0.717) is 6.42 Å². The molecule has 7 heteroatoms. The number of ether oxygens (including phenoxy) is 1. The zero-order chi connectivity index (χ0) is 18.5. The van der Waals surface area contributed by atoms with E-state index in [-0.39, 0.29) is 6.04 Å². The van der Waals surface area contributed by atoms with Crippen molar-refractivity contribution >= 4 is 11.0 Å². The van der Waals surface area contributed by atoms with Gasteiger partial charge in [0.05, 0.1) is 11.7 Å². The summed E-state index contributed by atoms with van der Waals surface area (Å²) in [5.74, 6) is 0.782. The lowest BCUT2D eigenvalue weighted by molar-refractivity contribution is -0.0165. The number of fused-ring (bicyclic) bond motifs is 2. The van der Waals surface area contributed by atoms with Crippen LogP contribution in [0.2, 0.25) is 0 Å². The monoisotopic (exact) mass is 366 g/mol. The third-order valence-electron chi connectivity index (χ3n) is 5.79. The Morgan fingerprint density at radius 3 is 2.93 bits per heavy atom. The summed E-state index contributed by atoms with van der Waals surface area (Å²) in [6, 6.07) is 7.63. The largest absolute Gasteiger partial charge is 0.487 e. The second kappa shape index (κ2) is 6.30. The molecule has 3 aromatic rings. The number of aromatic nitrogens is 3. The quantitative estimate of drug-likeness (QED) is 0.650. The summed E-state index contributed by atoms with van der Waals surface area (Å²) in [6.07, 6.45) is 1.58. The minimum absolute atomic E-state index is 0.299. The molecule has 7 nitrogen and oxygen atoms in total. The van der Waals surface area contributed by atoms with Gasteiger partial charge in [-0.1, -0.05) is 12.1 Å². The number of rotatable bonds is 3. The zero-order valence-electron chi connectivity index (χ0n) is 15.0. The molecule has 1 aliphatic heterocycles. The van der Waals surface area contributed by atoms with E-state index >= 15 is 0 Å². The Morgan fingerprint density at radius 1 is 1.15 bits per heavy atom. The molecule has 0 radical (unpaired) electrons. The molecule has 4 atom stereocenters. The lowest BCUT2D eigenvalue weighted by Crippen LogP contribution is -2.34. The summed E-state index contributed by atoms with van der Waals surface area (Å²) in [5.41, 5.74) is 4.02. The fourth-order valence-corrected chi connectivity index (χ4v) is 4.30. The maximum Gasteiger partial charge on any atom is 0.143 e. The van der Waals surface area contributed by atoms with Crippen LogP contribution in [0.1, 0.15) is 29.3 Å². The molecule has 1 aliphatic carbocycles. The van der Waals surface area contributed by atoms with Crippen LogP contribution in [-0.4, -0.2) is 43.1 Å². The summed E-state index contributed by atoms with van der Waals surface area (Å²) in [6.45, 7) is 3.53. The van der Waals surface area contributed by atoms with E-state index in [1.807, 2.05) is 35.9 Å². The van der Waals surface area contributed by atoms with Gasteiger partial charge in [0, 0.05) is 36.7 Å². The first kappa shape index (κ1) is 16.7. The highest BCUT2D eigenvalue weighted by Crippen LogP contribution is 2.37. The SMILES string of the molecule is Cc1ncnc2c1ccn2C1C[C@H](Oc2cccc3c2CNC3)[C@@H](O)C1O. The Labute approximate surface area is 156 Å². The van der Waals surface area contributed by atoms with Gasteiger partial charge in [-0.15, -0.1) is 0 Å². The highest BCUT2D eigenvalue weighted by atomic mass is 16.5. The van der Waals surface area contributed by atoms with Crippen LogP contribution in [0.3, 0.4) is 0 Å². The third kappa shape index (κ3) is 2.62. The first-order valence-corrected chi connectivity index (χ1v) is 9.26. The van der Waals surface area contributed by atoms with Crippen LogP contribution in [0.5, 0.6) is 5.75 Å². The molecule has 27 heavy (non-hydrogen) atoms. The van der Waals surface area contributed by atoms with Crippen LogP contribution in [0.25, 0.3) is 11.0 Å². The van der Waals surface area contributed by atoms with Gasteiger partial charge in [-0.3, -0.25) is 0 Å². The van der Waals surface area contributed by atoms with E-state index < -0.39 is 18.3 Å². The molecule has 0 spiro atoms. The van der Waals surface area contributed by atoms with E-state index in [4.69, 9.17) is 4.74 Å². The van der Waals surface area contributed by atoms with E-state index in [2.05, 4.69) is 21.4 Å². The van der Waals surface area contributed by atoms with Crippen molar-refractivity contribution in [3.63, 3.8) is 0 Å². The molecule has 3 heterocycles. The molecule has 5 rings (SSSR count). The second-order valence-electron chi connectivity index (χ2n) is 7.36. The van der Waals surface area contributed by atoms with Crippen LogP contribution in [-0.2, 0) is 13.1 Å². The second-order valence-corrected chi connectivity index (χ2v) is 7.36. The molecule has 0 saturated heterocycles. The number of hydrogen-bond donors (Lipinski definition) is 3. The standard InChI is InChI=1S/C20H22N4O3/c1-11-13-5-6-24(20(13)23-10-22-11)15-7-17(19(26)18(15)25)27-16-4-2-3-12-8-21-9-14(12)16/h2-6,10,15,17-19,21,25-26H,7-9H2,1H3/t15?,17-,18?,19+/m0/s1. The first-order chi connectivity index (χ1) is 13.1. The lowest BCUT2D eigenvalue weighted by Gasteiger charge is -2.20. The maximum absolute atomic E-state index is 10.7. The minimum atomic E-state index is -0.958. The highest BCUT2D eigenvalue weighted by molar-refractivity contribution is 5.78. The normalized spacial score (nSPS) is 27.2. The summed E-state index contributed by atoms with van der Waals surface area (Å²) in [5, 5.41) is 25.6. The van der Waals surface area contributed by atoms with Gasteiger partial charge in [0.25, 0.3) is 0 Å². The van der Waals surface area contributed by atoms with Gasteiger partial charge in [-0.2, -0.15) is 0 Å². The predicted octanol–water partition coefficient (Wildman–Crippen LogP) is 1.46. The first-order valence-electron chi connectivity index (χ1n) is 9.26. The van der Waals surface area contributed by atoms with Gasteiger partial charge in [-0.25, -0.2) is 9.97 Å². The van der Waals surface area contributed by atoms with E-state index in [1.54, 1.807) is 0 Å². The Morgan fingerprint density at radius 2 is 2.04 bits per heavy atom. The average molecular weight is 366 g/mol. The summed E-state index contributed by atoms with van der Waals surface area (Å²) in [4.78, 5) is 8.59. The Kier molecular flexibility index (Phi) is 3.89. The number of aryl methyl sites for hydroxylation is 1. The number of aliphatic hydroxyl groups is 2. The number of benzene rings is 1. The maximum atomic E-state index is 10.7. The van der Waals surface area contributed by atoms with Crippen molar-refractivity contribution in [3.8, 4) is 5.75 Å². The smallest absolute Gasteiger partial charge is 0.143 e. The van der Waals surface area contributed by atoms with Crippen molar-refractivity contribution in [1.82, 2.24) is 19.9 Å². The molecule has 1 saturated carbocycles. The summed E-state index contributed by atoms with van der Waals surface area (Å²) >= 11 is 0. The Balaban J connectivity index is 1.44. The van der Waals surface area contributed by atoms with Crippen molar-refractivity contribution in [3.05, 3.63) is 53.6 Å². The van der Waals surface area contributed by atoms with Gasteiger partial charge < -0.3 is 24.8 Å². The summed E-state index contributed by atoms with van der Waals surface area (Å²) in [7, 11) is 0.